The Hall–Kier alpha value is -3.74. The van der Waals surface area contributed by atoms with Crippen molar-refractivity contribution in [2.75, 3.05) is 5.32 Å². The van der Waals surface area contributed by atoms with Crippen LogP contribution in [0.15, 0.2) is 71.9 Å². The Morgan fingerprint density at radius 1 is 1.07 bits per heavy atom. The van der Waals surface area contributed by atoms with Crippen molar-refractivity contribution < 1.29 is 4.79 Å². The molecule has 2 heterocycles. The smallest absolute Gasteiger partial charge is 0.261 e. The number of aromatic nitrogens is 4. The van der Waals surface area contributed by atoms with Crippen LogP contribution in [0.3, 0.4) is 0 Å². The highest BCUT2D eigenvalue weighted by Gasteiger charge is 2.09. The lowest BCUT2D eigenvalue weighted by Gasteiger charge is -2.07. The third kappa shape index (κ3) is 3.62. The van der Waals surface area contributed by atoms with Crippen molar-refractivity contribution in [1.29, 1.82) is 0 Å². The number of rotatable bonds is 5. The zero-order valence-corrected chi connectivity index (χ0v) is 14.4. The van der Waals surface area contributed by atoms with E-state index in [0.717, 1.165) is 11.3 Å². The van der Waals surface area contributed by atoms with Crippen molar-refractivity contribution in [2.45, 2.75) is 12.8 Å². The first-order valence-corrected chi connectivity index (χ1v) is 8.56. The maximum atomic E-state index is 12.1. The third-order valence-electron chi connectivity index (χ3n) is 4.25. The molecule has 0 spiro atoms. The quantitative estimate of drug-likeness (QED) is 0.573. The van der Waals surface area contributed by atoms with Crippen LogP contribution in [-0.4, -0.2) is 25.7 Å². The minimum atomic E-state index is -0.228. The summed E-state index contributed by atoms with van der Waals surface area (Å²) in [5, 5.41) is 7.55. The largest absolute Gasteiger partial charge is 0.326 e. The van der Waals surface area contributed by atoms with Crippen LogP contribution in [0.5, 0.6) is 0 Å². The molecule has 2 aromatic heterocycles. The van der Waals surface area contributed by atoms with Crippen molar-refractivity contribution in [3.8, 4) is 5.69 Å². The fraction of sp³-hybridized carbons (Fsp3) is 0.100. The number of aromatic amines is 1. The van der Waals surface area contributed by atoms with Crippen LogP contribution in [0.2, 0.25) is 0 Å². The minimum Gasteiger partial charge on any atom is -0.326 e. The van der Waals surface area contributed by atoms with Crippen molar-refractivity contribution >= 4 is 22.6 Å². The molecule has 2 N–H and O–H groups in total. The lowest BCUT2D eigenvalue weighted by molar-refractivity contribution is -0.116. The lowest BCUT2D eigenvalue weighted by Crippen LogP contribution is -2.12. The maximum Gasteiger partial charge on any atom is 0.261 e. The Morgan fingerprint density at radius 3 is 2.63 bits per heavy atom. The predicted octanol–water partition coefficient (Wildman–Crippen LogP) is 2.68. The Bertz CT molecular complexity index is 1130. The summed E-state index contributed by atoms with van der Waals surface area (Å²) in [6.45, 7) is 0. The second kappa shape index (κ2) is 7.25. The van der Waals surface area contributed by atoms with Crippen LogP contribution >= 0.6 is 0 Å². The summed E-state index contributed by atoms with van der Waals surface area (Å²) < 4.78 is 1.59. The van der Waals surface area contributed by atoms with Crippen LogP contribution in [-0.2, 0) is 11.2 Å². The SMILES string of the molecule is O=C(CCc1ccccc1)Nc1ccc(-n2ncc3c(=O)[nH]cnc32)cc1. The topological polar surface area (TPSA) is 92.7 Å². The lowest BCUT2D eigenvalue weighted by atomic mass is 10.1. The van der Waals surface area contributed by atoms with Crippen molar-refractivity contribution in [2.24, 2.45) is 0 Å². The number of anilines is 1. The van der Waals surface area contributed by atoms with Gasteiger partial charge in [-0.3, -0.25) is 9.59 Å². The molecule has 0 unspecified atom stereocenters. The van der Waals surface area contributed by atoms with Gasteiger partial charge in [-0.2, -0.15) is 5.10 Å². The van der Waals surface area contributed by atoms with Gasteiger partial charge in [0.15, 0.2) is 5.65 Å². The molecule has 2 aromatic carbocycles. The molecule has 0 radical (unpaired) electrons. The highest BCUT2D eigenvalue weighted by molar-refractivity contribution is 5.91. The summed E-state index contributed by atoms with van der Waals surface area (Å²) in [6.07, 6.45) is 3.96. The molecule has 134 valence electrons. The van der Waals surface area contributed by atoms with Crippen molar-refractivity contribution in [3.05, 3.63) is 83.0 Å². The van der Waals surface area contributed by atoms with Crippen molar-refractivity contribution in [3.63, 3.8) is 0 Å². The second-order valence-electron chi connectivity index (χ2n) is 6.11. The first-order valence-electron chi connectivity index (χ1n) is 8.56. The standard InChI is InChI=1S/C20H17N5O2/c26-18(11-6-14-4-2-1-3-5-14)24-15-7-9-16(10-8-15)25-19-17(12-23-25)20(27)22-13-21-19/h1-5,7-10,12-13H,6,11H2,(H,24,26)(H,21,22,27). The van der Waals surface area contributed by atoms with Crippen LogP contribution < -0.4 is 10.9 Å². The summed E-state index contributed by atoms with van der Waals surface area (Å²) in [6, 6.07) is 17.2. The van der Waals surface area contributed by atoms with E-state index in [1.807, 2.05) is 42.5 Å². The first-order chi connectivity index (χ1) is 13.2. The molecule has 0 fully saturated rings. The molecule has 0 aliphatic heterocycles. The number of fused-ring (bicyclic) bond motifs is 1. The fourth-order valence-corrected chi connectivity index (χ4v) is 2.86. The monoisotopic (exact) mass is 359 g/mol. The molecule has 0 saturated heterocycles. The van der Waals surface area contributed by atoms with Crippen LogP contribution in [0.1, 0.15) is 12.0 Å². The summed E-state index contributed by atoms with van der Waals surface area (Å²) in [5.74, 6) is -0.0376. The van der Waals surface area contributed by atoms with E-state index < -0.39 is 0 Å². The zero-order valence-electron chi connectivity index (χ0n) is 14.4. The second-order valence-corrected chi connectivity index (χ2v) is 6.11. The highest BCUT2D eigenvalue weighted by atomic mass is 16.1. The average molecular weight is 359 g/mol. The van der Waals surface area contributed by atoms with E-state index in [1.165, 1.54) is 12.5 Å². The molecule has 1 amide bonds. The summed E-state index contributed by atoms with van der Waals surface area (Å²) in [4.78, 5) is 30.6. The number of nitrogens with zero attached hydrogens (tertiary/aromatic N) is 3. The molecule has 4 rings (SSSR count). The Balaban J connectivity index is 1.45. The summed E-state index contributed by atoms with van der Waals surface area (Å²) in [5.41, 5.74) is 2.85. The maximum absolute atomic E-state index is 12.1. The van der Waals surface area contributed by atoms with Crippen LogP contribution in [0.25, 0.3) is 16.7 Å². The molecule has 0 aliphatic carbocycles. The van der Waals surface area contributed by atoms with Gasteiger partial charge in [0.05, 0.1) is 18.2 Å². The van der Waals surface area contributed by atoms with E-state index in [0.29, 0.717) is 29.6 Å². The summed E-state index contributed by atoms with van der Waals surface area (Å²) >= 11 is 0. The molecule has 7 heteroatoms. The molecule has 27 heavy (non-hydrogen) atoms. The predicted molar refractivity (Wildman–Crippen MR) is 103 cm³/mol. The van der Waals surface area contributed by atoms with Gasteiger partial charge in [-0.25, -0.2) is 9.67 Å². The van der Waals surface area contributed by atoms with Gasteiger partial charge in [0, 0.05) is 12.1 Å². The number of hydrogen-bond acceptors (Lipinski definition) is 4. The summed E-state index contributed by atoms with van der Waals surface area (Å²) in [7, 11) is 0. The van der Waals surface area contributed by atoms with Gasteiger partial charge in [-0.1, -0.05) is 30.3 Å². The number of nitrogens with one attached hydrogen (secondary N) is 2. The molecule has 7 nitrogen and oxygen atoms in total. The molecular formula is C20H17N5O2. The molecule has 4 aromatic rings. The van der Waals surface area contributed by atoms with E-state index in [9.17, 15) is 9.59 Å². The number of hydrogen-bond donors (Lipinski definition) is 2. The fourth-order valence-electron chi connectivity index (χ4n) is 2.86. The first kappa shape index (κ1) is 16.7. The number of H-pyrrole nitrogens is 1. The minimum absolute atomic E-state index is 0.0376. The van der Waals surface area contributed by atoms with Gasteiger partial charge < -0.3 is 10.3 Å². The molecule has 0 saturated carbocycles. The van der Waals surface area contributed by atoms with E-state index >= 15 is 0 Å². The number of carbonyl (C=O) groups is 1. The Morgan fingerprint density at radius 2 is 1.85 bits per heavy atom. The molecular weight excluding hydrogens is 342 g/mol. The van der Waals surface area contributed by atoms with Crippen molar-refractivity contribution in [1.82, 2.24) is 19.7 Å². The number of aryl methyl sites for hydroxylation is 1. The van der Waals surface area contributed by atoms with E-state index in [4.69, 9.17) is 0 Å². The van der Waals surface area contributed by atoms with E-state index in [2.05, 4.69) is 20.4 Å². The average Bonchev–Trinajstić information content (AvgIpc) is 3.13. The Labute approximate surface area is 154 Å². The van der Waals surface area contributed by atoms with Gasteiger partial charge >= 0.3 is 0 Å². The number of amides is 1. The highest BCUT2D eigenvalue weighted by Crippen LogP contribution is 2.16. The normalized spacial score (nSPS) is 10.8. The molecule has 0 bridgehead atoms. The van der Waals surface area contributed by atoms with Gasteiger partial charge in [0.2, 0.25) is 5.91 Å². The third-order valence-corrected chi connectivity index (χ3v) is 4.25. The van der Waals surface area contributed by atoms with Crippen LogP contribution in [0, 0.1) is 0 Å². The molecule has 0 aliphatic rings. The molecule has 0 atom stereocenters. The van der Waals surface area contributed by atoms with Gasteiger partial charge in [-0.05, 0) is 36.2 Å². The van der Waals surface area contributed by atoms with Gasteiger partial charge in [0.25, 0.3) is 5.56 Å². The number of carbonyl (C=O) groups excluding carboxylic acids is 1. The zero-order chi connectivity index (χ0) is 18.6. The van der Waals surface area contributed by atoms with E-state index in [1.54, 1.807) is 16.8 Å². The number of benzene rings is 2. The van der Waals surface area contributed by atoms with Gasteiger partial charge in [0.1, 0.15) is 5.39 Å². The van der Waals surface area contributed by atoms with Gasteiger partial charge in [-0.15, -0.1) is 0 Å². The Kier molecular flexibility index (Phi) is 4.49. The van der Waals surface area contributed by atoms with E-state index in [-0.39, 0.29) is 11.5 Å². The van der Waals surface area contributed by atoms with Crippen LogP contribution in [0.4, 0.5) is 5.69 Å².